The van der Waals surface area contributed by atoms with Crippen molar-refractivity contribution in [1.82, 2.24) is 20.2 Å². The highest BCUT2D eigenvalue weighted by molar-refractivity contribution is 7.71. The van der Waals surface area contributed by atoms with E-state index in [1.165, 1.54) is 4.68 Å². The number of ketones is 1. The molecule has 0 saturated carbocycles. The molecule has 0 fully saturated rings. The smallest absolute Gasteiger partial charge is 0.242 e. The average Bonchev–Trinajstić information content (AvgIpc) is 2.94. The number of para-hydroxylation sites is 1. The molecule has 0 radical (unpaired) electrons. The number of H-pyrrole nitrogens is 1. The minimum atomic E-state index is -0.144. The molecule has 3 N–H and O–H groups in total. The minimum Gasteiger partial charge on any atom is -0.396 e. The number of hydrogen-bond donors (Lipinski definition) is 2. The van der Waals surface area contributed by atoms with Gasteiger partial charge in [0.1, 0.15) is 0 Å². The summed E-state index contributed by atoms with van der Waals surface area (Å²) in [5.74, 6) is -0.144. The summed E-state index contributed by atoms with van der Waals surface area (Å²) in [6, 6.07) is 14.1. The average molecular weight is 297 g/mol. The zero-order chi connectivity index (χ0) is 14.8. The normalized spacial score (nSPS) is 10.5. The van der Waals surface area contributed by atoms with E-state index >= 15 is 0 Å². The van der Waals surface area contributed by atoms with E-state index in [0.717, 1.165) is 0 Å². The molecule has 0 spiro atoms. The predicted molar refractivity (Wildman–Crippen MR) is 80.8 cm³/mol. The first-order valence-corrected chi connectivity index (χ1v) is 6.58. The molecule has 104 valence electrons. The summed E-state index contributed by atoms with van der Waals surface area (Å²) in [6.07, 6.45) is 0. The molecule has 3 aromatic rings. The molecule has 1 heterocycles. The Balaban J connectivity index is 2.12. The van der Waals surface area contributed by atoms with Crippen LogP contribution in [0.4, 0.5) is 5.69 Å². The topological polar surface area (TPSA) is 89.6 Å². The molecular weight excluding hydrogens is 286 g/mol. The van der Waals surface area contributed by atoms with Gasteiger partial charge < -0.3 is 5.73 Å². The monoisotopic (exact) mass is 297 g/mol. The van der Waals surface area contributed by atoms with Gasteiger partial charge in [-0.2, -0.15) is 5.21 Å². The third kappa shape index (κ3) is 2.34. The fourth-order valence-electron chi connectivity index (χ4n) is 2.05. The number of aromatic amines is 1. The van der Waals surface area contributed by atoms with E-state index in [-0.39, 0.29) is 10.6 Å². The van der Waals surface area contributed by atoms with E-state index in [0.29, 0.717) is 22.5 Å². The van der Waals surface area contributed by atoms with Crippen molar-refractivity contribution in [2.75, 3.05) is 5.73 Å². The first-order chi connectivity index (χ1) is 10.2. The molecule has 0 atom stereocenters. The second-order valence-corrected chi connectivity index (χ2v) is 4.72. The van der Waals surface area contributed by atoms with Gasteiger partial charge in [0.2, 0.25) is 4.77 Å². The summed E-state index contributed by atoms with van der Waals surface area (Å²) in [6.45, 7) is 0. The van der Waals surface area contributed by atoms with Gasteiger partial charge in [-0.05, 0) is 24.4 Å². The minimum absolute atomic E-state index is 0.144. The number of carbonyl (C=O) groups is 1. The Labute approximate surface area is 125 Å². The van der Waals surface area contributed by atoms with Crippen molar-refractivity contribution in [3.8, 4) is 5.69 Å². The van der Waals surface area contributed by atoms with Crippen LogP contribution in [-0.4, -0.2) is 26.0 Å². The lowest BCUT2D eigenvalue weighted by atomic mass is 10.0. The van der Waals surface area contributed by atoms with Crippen LogP contribution in [0.3, 0.4) is 0 Å². The van der Waals surface area contributed by atoms with Gasteiger partial charge in [0.05, 0.1) is 11.4 Å². The Morgan fingerprint density at radius 2 is 1.90 bits per heavy atom. The van der Waals surface area contributed by atoms with Crippen molar-refractivity contribution in [3.63, 3.8) is 0 Å². The molecule has 0 saturated heterocycles. The fraction of sp³-hybridized carbons (Fsp3) is 0. The number of nitrogens with zero attached hydrogens (tertiary/aromatic N) is 3. The number of nitrogen functional groups attached to an aromatic ring is 1. The number of aromatic nitrogens is 4. The second-order valence-electron chi connectivity index (χ2n) is 4.35. The van der Waals surface area contributed by atoms with Gasteiger partial charge in [0.15, 0.2) is 5.78 Å². The third-order valence-corrected chi connectivity index (χ3v) is 3.34. The van der Waals surface area contributed by atoms with Gasteiger partial charge in [-0.15, -0.1) is 0 Å². The van der Waals surface area contributed by atoms with E-state index in [2.05, 4.69) is 15.5 Å². The number of carbonyl (C=O) groups excluding carboxylic acids is 1. The van der Waals surface area contributed by atoms with Crippen LogP contribution in [0.5, 0.6) is 0 Å². The number of nitrogens with two attached hydrogens (primary N) is 1. The maximum absolute atomic E-state index is 12.5. The predicted octanol–water partition coefficient (Wildman–Crippen LogP) is 2.14. The number of benzene rings is 2. The molecule has 7 heteroatoms. The molecule has 0 aliphatic rings. The maximum atomic E-state index is 12.5. The lowest BCUT2D eigenvalue weighted by Gasteiger charge is -2.10. The largest absolute Gasteiger partial charge is 0.396 e. The number of tetrazole rings is 1. The van der Waals surface area contributed by atoms with Gasteiger partial charge in [0.25, 0.3) is 0 Å². The highest BCUT2D eigenvalue weighted by Crippen LogP contribution is 2.23. The van der Waals surface area contributed by atoms with Crippen molar-refractivity contribution in [2.45, 2.75) is 0 Å². The Morgan fingerprint density at radius 3 is 2.57 bits per heavy atom. The van der Waals surface area contributed by atoms with Crippen LogP contribution in [0, 0.1) is 4.77 Å². The standard InChI is InChI=1S/C14H11N5OS/c15-12-10(13(20)9-5-2-1-3-6-9)7-4-8-11(12)19-14(21)16-17-18-19/h1-8H,15H2,(H,16,18,21). The highest BCUT2D eigenvalue weighted by atomic mass is 32.1. The van der Waals surface area contributed by atoms with Gasteiger partial charge in [-0.1, -0.05) is 46.7 Å². The number of nitrogens with one attached hydrogen (secondary N) is 1. The van der Waals surface area contributed by atoms with Gasteiger partial charge in [0, 0.05) is 11.1 Å². The Hall–Kier alpha value is -2.80. The van der Waals surface area contributed by atoms with E-state index in [4.69, 9.17) is 18.0 Å². The van der Waals surface area contributed by atoms with E-state index in [9.17, 15) is 4.79 Å². The fourth-order valence-corrected chi connectivity index (χ4v) is 2.23. The quantitative estimate of drug-likeness (QED) is 0.439. The number of anilines is 1. The Kier molecular flexibility index (Phi) is 3.33. The molecule has 6 nitrogen and oxygen atoms in total. The van der Waals surface area contributed by atoms with Crippen LogP contribution in [0.2, 0.25) is 0 Å². The van der Waals surface area contributed by atoms with E-state index in [1.807, 2.05) is 18.2 Å². The lowest BCUT2D eigenvalue weighted by Crippen LogP contribution is -2.09. The SMILES string of the molecule is Nc1c(C(=O)c2ccccc2)cccc1-n1[nH]nnc1=S. The van der Waals surface area contributed by atoms with Crippen LogP contribution in [0.1, 0.15) is 15.9 Å². The maximum Gasteiger partial charge on any atom is 0.242 e. The molecule has 2 aromatic carbocycles. The van der Waals surface area contributed by atoms with Crippen molar-refractivity contribution in [2.24, 2.45) is 0 Å². The zero-order valence-electron chi connectivity index (χ0n) is 10.9. The summed E-state index contributed by atoms with van der Waals surface area (Å²) in [5.41, 5.74) is 7.98. The van der Waals surface area contributed by atoms with Gasteiger partial charge in [-0.25, -0.2) is 4.68 Å². The molecule has 0 bridgehead atoms. The van der Waals surface area contributed by atoms with Crippen molar-refractivity contribution >= 4 is 23.7 Å². The summed E-state index contributed by atoms with van der Waals surface area (Å²) in [7, 11) is 0. The van der Waals surface area contributed by atoms with Crippen LogP contribution in [0.15, 0.2) is 48.5 Å². The molecular formula is C14H11N5OS. The lowest BCUT2D eigenvalue weighted by molar-refractivity contribution is 0.103. The van der Waals surface area contributed by atoms with Crippen molar-refractivity contribution in [1.29, 1.82) is 0 Å². The molecule has 1 aromatic heterocycles. The zero-order valence-corrected chi connectivity index (χ0v) is 11.7. The van der Waals surface area contributed by atoms with Gasteiger partial charge >= 0.3 is 0 Å². The molecule has 3 rings (SSSR count). The van der Waals surface area contributed by atoms with E-state index in [1.54, 1.807) is 30.3 Å². The third-order valence-electron chi connectivity index (χ3n) is 3.08. The number of hydrogen-bond acceptors (Lipinski definition) is 5. The van der Waals surface area contributed by atoms with Crippen LogP contribution in [-0.2, 0) is 0 Å². The molecule has 0 aliphatic heterocycles. The number of rotatable bonds is 3. The van der Waals surface area contributed by atoms with Crippen molar-refractivity contribution < 1.29 is 4.79 Å². The summed E-state index contributed by atoms with van der Waals surface area (Å²) in [4.78, 5) is 12.5. The van der Waals surface area contributed by atoms with Crippen LogP contribution < -0.4 is 5.73 Å². The molecule has 0 amide bonds. The summed E-state index contributed by atoms with van der Waals surface area (Å²) in [5, 5.41) is 9.94. The first kappa shape index (κ1) is 13.2. The first-order valence-electron chi connectivity index (χ1n) is 6.17. The van der Waals surface area contributed by atoms with Crippen molar-refractivity contribution in [3.05, 3.63) is 64.4 Å². The van der Waals surface area contributed by atoms with Gasteiger partial charge in [-0.3, -0.25) is 4.79 Å². The van der Waals surface area contributed by atoms with E-state index < -0.39 is 0 Å². The summed E-state index contributed by atoms with van der Waals surface area (Å²) >= 11 is 5.05. The van der Waals surface area contributed by atoms with Crippen LogP contribution >= 0.6 is 12.2 Å². The Bertz CT molecular complexity index is 853. The Morgan fingerprint density at radius 1 is 1.14 bits per heavy atom. The van der Waals surface area contributed by atoms with Crippen LogP contribution in [0.25, 0.3) is 5.69 Å². The molecule has 21 heavy (non-hydrogen) atoms. The molecule has 0 unspecified atom stereocenters. The summed E-state index contributed by atoms with van der Waals surface area (Å²) < 4.78 is 1.69. The second kappa shape index (κ2) is 5.29. The molecule has 0 aliphatic carbocycles. The highest BCUT2D eigenvalue weighted by Gasteiger charge is 2.15.